The fraction of sp³-hybridized carbons (Fsp3) is 0.375. The molecule has 3 aromatic rings. The second-order valence-electron chi connectivity index (χ2n) is 8.64. The Hall–Kier alpha value is -3.55. The number of hydrogen-bond donors (Lipinski definition) is 1. The maximum atomic E-state index is 12.9. The smallest absolute Gasteiger partial charge is 0.227 e. The first kappa shape index (κ1) is 20.4. The van der Waals surface area contributed by atoms with Gasteiger partial charge in [0.1, 0.15) is 5.82 Å². The van der Waals surface area contributed by atoms with Gasteiger partial charge in [0.2, 0.25) is 11.9 Å². The van der Waals surface area contributed by atoms with Gasteiger partial charge < -0.3 is 15.1 Å². The predicted octanol–water partition coefficient (Wildman–Crippen LogP) is 3.41. The van der Waals surface area contributed by atoms with Gasteiger partial charge in [-0.05, 0) is 37.5 Å². The number of Topliss-reactive ketones (excluding diaryl/α,β-unsaturated/α-hetero) is 1. The number of ketones is 1. The topological polar surface area (TPSA) is 87.1 Å². The molecule has 1 saturated heterocycles. The zero-order valence-corrected chi connectivity index (χ0v) is 18.5. The van der Waals surface area contributed by atoms with Crippen molar-refractivity contribution in [2.45, 2.75) is 26.7 Å². The summed E-state index contributed by atoms with van der Waals surface area (Å²) in [6, 6.07) is 9.94. The fourth-order valence-corrected chi connectivity index (χ4v) is 4.32. The zero-order valence-electron chi connectivity index (χ0n) is 18.5. The molecular weight excluding hydrogens is 402 g/mol. The number of carbonyl (C=O) groups is 1. The Morgan fingerprint density at radius 3 is 2.25 bits per heavy atom. The highest BCUT2D eigenvalue weighted by molar-refractivity contribution is 6.03. The first-order valence-electron chi connectivity index (χ1n) is 11.1. The van der Waals surface area contributed by atoms with Crippen LogP contribution in [0.5, 0.6) is 0 Å². The number of hydrogen-bond acceptors (Lipinski definition) is 8. The predicted molar refractivity (Wildman–Crippen MR) is 125 cm³/mol. The number of fused-ring (bicyclic) bond motifs is 1. The van der Waals surface area contributed by atoms with E-state index in [0.29, 0.717) is 23.8 Å². The molecule has 1 unspecified atom stereocenters. The summed E-state index contributed by atoms with van der Waals surface area (Å²) in [5.74, 6) is 2.44. The van der Waals surface area contributed by atoms with Crippen molar-refractivity contribution in [2.75, 3.05) is 41.3 Å². The number of carbonyl (C=O) groups excluding carboxylic acids is 1. The summed E-state index contributed by atoms with van der Waals surface area (Å²) in [4.78, 5) is 35.7. The second kappa shape index (κ2) is 8.53. The van der Waals surface area contributed by atoms with Gasteiger partial charge in [0.25, 0.3) is 0 Å². The van der Waals surface area contributed by atoms with Crippen molar-refractivity contribution < 1.29 is 4.79 Å². The van der Waals surface area contributed by atoms with E-state index in [9.17, 15) is 4.79 Å². The molecule has 5 rings (SSSR count). The number of nitrogens with zero attached hydrogens (tertiary/aromatic N) is 6. The van der Waals surface area contributed by atoms with Crippen molar-refractivity contribution in [3.05, 3.63) is 59.5 Å². The summed E-state index contributed by atoms with van der Waals surface area (Å²) in [6.07, 6.45) is 4.86. The van der Waals surface area contributed by atoms with E-state index in [-0.39, 0.29) is 11.7 Å². The lowest BCUT2D eigenvalue weighted by molar-refractivity contribution is 0.0952. The molecule has 0 spiro atoms. The minimum Gasteiger partial charge on any atom is -0.339 e. The van der Waals surface area contributed by atoms with Crippen molar-refractivity contribution >= 4 is 29.2 Å². The van der Waals surface area contributed by atoms with Crippen molar-refractivity contribution in [1.29, 1.82) is 0 Å². The summed E-state index contributed by atoms with van der Waals surface area (Å²) < 4.78 is 0. The molecule has 1 aromatic carbocycles. The first-order valence-corrected chi connectivity index (χ1v) is 11.1. The van der Waals surface area contributed by atoms with Crippen LogP contribution in [0.3, 0.4) is 0 Å². The summed E-state index contributed by atoms with van der Waals surface area (Å²) >= 11 is 0. The molecule has 0 bridgehead atoms. The molecule has 8 nitrogen and oxygen atoms in total. The van der Waals surface area contributed by atoms with E-state index in [1.807, 2.05) is 30.3 Å². The Morgan fingerprint density at radius 2 is 1.56 bits per heavy atom. The molecule has 0 amide bonds. The number of aryl methyl sites for hydroxylation is 1. The SMILES string of the molecule is Cc1ccc(Nc2nc(N3CCN(c4ncccn4)CC3)nc3c2C(=O)CC(C)C3)cc1. The molecule has 1 atom stereocenters. The number of nitrogens with one attached hydrogen (secondary N) is 1. The Bertz CT molecular complexity index is 1110. The van der Waals surface area contributed by atoms with E-state index in [1.165, 1.54) is 5.56 Å². The van der Waals surface area contributed by atoms with E-state index in [1.54, 1.807) is 12.4 Å². The van der Waals surface area contributed by atoms with Crippen molar-refractivity contribution in [3.8, 4) is 0 Å². The Labute approximate surface area is 187 Å². The minimum atomic E-state index is 0.117. The van der Waals surface area contributed by atoms with E-state index in [2.05, 4.69) is 38.9 Å². The molecule has 1 aliphatic heterocycles. The molecule has 1 aliphatic carbocycles. The van der Waals surface area contributed by atoms with Crippen LogP contribution in [0.25, 0.3) is 0 Å². The fourth-order valence-electron chi connectivity index (χ4n) is 4.32. The van der Waals surface area contributed by atoms with Crippen LogP contribution in [0.2, 0.25) is 0 Å². The molecule has 164 valence electrons. The van der Waals surface area contributed by atoms with Gasteiger partial charge in [-0.15, -0.1) is 0 Å². The standard InChI is InChI=1S/C24H27N7O/c1-16-4-6-18(7-5-16)27-22-21-19(14-17(2)15-20(21)32)28-24(29-22)31-12-10-30(11-13-31)23-25-8-3-9-26-23/h3-9,17H,10-15H2,1-2H3,(H,27,28,29). The van der Waals surface area contributed by atoms with Crippen LogP contribution < -0.4 is 15.1 Å². The molecule has 3 heterocycles. The average Bonchev–Trinajstić information content (AvgIpc) is 2.80. The van der Waals surface area contributed by atoms with Gasteiger partial charge in [-0.3, -0.25) is 4.79 Å². The van der Waals surface area contributed by atoms with Crippen LogP contribution >= 0.6 is 0 Å². The third-order valence-electron chi connectivity index (χ3n) is 6.04. The highest BCUT2D eigenvalue weighted by Crippen LogP contribution is 2.32. The van der Waals surface area contributed by atoms with Gasteiger partial charge in [-0.25, -0.2) is 15.0 Å². The van der Waals surface area contributed by atoms with Crippen LogP contribution in [-0.2, 0) is 6.42 Å². The van der Waals surface area contributed by atoms with Crippen LogP contribution in [-0.4, -0.2) is 51.9 Å². The minimum absolute atomic E-state index is 0.117. The normalized spacial score (nSPS) is 18.4. The van der Waals surface area contributed by atoms with Gasteiger partial charge in [0.05, 0.1) is 11.3 Å². The van der Waals surface area contributed by atoms with Gasteiger partial charge >= 0.3 is 0 Å². The first-order chi connectivity index (χ1) is 15.6. The van der Waals surface area contributed by atoms with Gasteiger partial charge in [-0.1, -0.05) is 24.6 Å². The maximum Gasteiger partial charge on any atom is 0.227 e. The molecule has 2 aromatic heterocycles. The zero-order chi connectivity index (χ0) is 22.1. The summed E-state index contributed by atoms with van der Waals surface area (Å²) in [5, 5.41) is 3.39. The number of rotatable bonds is 4. The Morgan fingerprint density at radius 1 is 0.906 bits per heavy atom. The summed E-state index contributed by atoms with van der Waals surface area (Å²) in [5.41, 5.74) is 3.59. The Balaban J connectivity index is 1.43. The lowest BCUT2D eigenvalue weighted by Crippen LogP contribution is -2.48. The molecule has 1 fully saturated rings. The van der Waals surface area contributed by atoms with Crippen LogP contribution in [0.4, 0.5) is 23.4 Å². The number of benzene rings is 1. The van der Waals surface area contributed by atoms with Crippen molar-refractivity contribution in [1.82, 2.24) is 19.9 Å². The average molecular weight is 430 g/mol. The lowest BCUT2D eigenvalue weighted by Gasteiger charge is -2.35. The number of anilines is 4. The van der Waals surface area contributed by atoms with E-state index in [0.717, 1.165) is 49.9 Å². The molecule has 1 N–H and O–H groups in total. The van der Waals surface area contributed by atoms with Crippen LogP contribution in [0.15, 0.2) is 42.7 Å². The van der Waals surface area contributed by atoms with Gasteiger partial charge in [0, 0.05) is 50.7 Å². The van der Waals surface area contributed by atoms with Crippen LogP contribution in [0, 0.1) is 12.8 Å². The number of piperazine rings is 1. The summed E-state index contributed by atoms with van der Waals surface area (Å²) in [6.45, 7) is 7.28. The molecule has 2 aliphatic rings. The van der Waals surface area contributed by atoms with Gasteiger partial charge in [-0.2, -0.15) is 4.98 Å². The van der Waals surface area contributed by atoms with E-state index >= 15 is 0 Å². The van der Waals surface area contributed by atoms with Crippen LogP contribution in [0.1, 0.15) is 35.0 Å². The highest BCUT2D eigenvalue weighted by atomic mass is 16.1. The molecule has 8 heteroatoms. The molecule has 32 heavy (non-hydrogen) atoms. The molecule has 0 saturated carbocycles. The monoisotopic (exact) mass is 429 g/mol. The van der Waals surface area contributed by atoms with E-state index in [4.69, 9.17) is 9.97 Å². The number of aromatic nitrogens is 4. The Kier molecular flexibility index (Phi) is 5.43. The summed E-state index contributed by atoms with van der Waals surface area (Å²) in [7, 11) is 0. The third-order valence-corrected chi connectivity index (χ3v) is 6.04. The largest absolute Gasteiger partial charge is 0.339 e. The quantitative estimate of drug-likeness (QED) is 0.675. The molecule has 0 radical (unpaired) electrons. The second-order valence-corrected chi connectivity index (χ2v) is 8.64. The van der Waals surface area contributed by atoms with Crippen molar-refractivity contribution in [2.24, 2.45) is 5.92 Å². The van der Waals surface area contributed by atoms with Gasteiger partial charge in [0.15, 0.2) is 5.78 Å². The van der Waals surface area contributed by atoms with E-state index < -0.39 is 0 Å². The maximum absolute atomic E-state index is 12.9. The highest BCUT2D eigenvalue weighted by Gasteiger charge is 2.30. The third kappa shape index (κ3) is 4.12. The van der Waals surface area contributed by atoms with Crippen molar-refractivity contribution in [3.63, 3.8) is 0 Å². The molecular formula is C24H27N7O. The lowest BCUT2D eigenvalue weighted by atomic mass is 9.87.